The Morgan fingerprint density at radius 1 is 1.12 bits per heavy atom. The zero-order valence-electron chi connectivity index (χ0n) is 14.5. The molecule has 2 aromatic rings. The highest BCUT2D eigenvalue weighted by Crippen LogP contribution is 2.27. The number of anilines is 1. The summed E-state index contributed by atoms with van der Waals surface area (Å²) in [6, 6.07) is 8.39. The van der Waals surface area contributed by atoms with E-state index < -0.39 is 17.6 Å². The minimum atomic E-state index is -0.573. The van der Waals surface area contributed by atoms with Crippen LogP contribution >= 0.6 is 11.6 Å². The van der Waals surface area contributed by atoms with E-state index in [4.69, 9.17) is 21.1 Å². The molecule has 8 heteroatoms. The van der Waals surface area contributed by atoms with Gasteiger partial charge in [-0.15, -0.1) is 0 Å². The number of halogens is 2. The van der Waals surface area contributed by atoms with E-state index in [1.165, 1.54) is 39.5 Å². The van der Waals surface area contributed by atoms with Gasteiger partial charge >= 0.3 is 0 Å². The predicted molar refractivity (Wildman–Crippen MR) is 96.5 cm³/mol. The second kappa shape index (κ2) is 8.53. The number of carbonyl (C=O) groups is 2. The maximum Gasteiger partial charge on any atom is 0.257 e. The minimum absolute atomic E-state index is 0.0307. The maximum absolute atomic E-state index is 13.4. The van der Waals surface area contributed by atoms with Crippen LogP contribution in [-0.2, 0) is 4.79 Å². The van der Waals surface area contributed by atoms with Gasteiger partial charge in [-0.3, -0.25) is 9.59 Å². The Bertz CT molecular complexity index is 829. The molecular formula is C18H18ClFN2O4. The number of likely N-dealkylation sites (N-methyl/N-ethyl adjacent to an activating group) is 1. The van der Waals surface area contributed by atoms with Gasteiger partial charge in [-0.05, 0) is 36.4 Å². The number of nitrogens with zero attached hydrogens (tertiary/aromatic N) is 1. The normalized spacial score (nSPS) is 10.2. The summed E-state index contributed by atoms with van der Waals surface area (Å²) in [5, 5.41) is 3.06. The van der Waals surface area contributed by atoms with Crippen LogP contribution in [0.5, 0.6) is 11.5 Å². The van der Waals surface area contributed by atoms with Crippen LogP contribution in [0, 0.1) is 5.82 Å². The Balaban J connectivity index is 2.11. The zero-order valence-corrected chi connectivity index (χ0v) is 15.3. The van der Waals surface area contributed by atoms with Crippen LogP contribution in [0.3, 0.4) is 0 Å². The topological polar surface area (TPSA) is 67.9 Å². The second-order valence-corrected chi connectivity index (χ2v) is 5.84. The van der Waals surface area contributed by atoms with Crippen molar-refractivity contribution in [3.05, 3.63) is 52.8 Å². The number of methoxy groups -OCH3 is 2. The molecule has 0 atom stereocenters. The Hall–Kier alpha value is -2.80. The fraction of sp³-hybridized carbons (Fsp3) is 0.222. The smallest absolute Gasteiger partial charge is 0.257 e. The van der Waals surface area contributed by atoms with Crippen molar-refractivity contribution in [2.75, 3.05) is 33.1 Å². The molecule has 2 amide bonds. The lowest BCUT2D eigenvalue weighted by atomic mass is 10.1. The Labute approximate surface area is 155 Å². The number of rotatable bonds is 6. The van der Waals surface area contributed by atoms with Gasteiger partial charge in [-0.2, -0.15) is 0 Å². The first-order valence-corrected chi connectivity index (χ1v) is 7.96. The third-order valence-electron chi connectivity index (χ3n) is 3.56. The molecule has 0 unspecified atom stereocenters. The van der Waals surface area contributed by atoms with Crippen molar-refractivity contribution in [3.63, 3.8) is 0 Å². The highest BCUT2D eigenvalue weighted by molar-refractivity contribution is 6.31. The Morgan fingerprint density at radius 2 is 1.77 bits per heavy atom. The molecule has 0 spiro atoms. The van der Waals surface area contributed by atoms with E-state index in [0.717, 1.165) is 11.0 Å². The lowest BCUT2D eigenvalue weighted by molar-refractivity contribution is -0.116. The summed E-state index contributed by atoms with van der Waals surface area (Å²) < 4.78 is 23.7. The van der Waals surface area contributed by atoms with Crippen LogP contribution in [0.4, 0.5) is 10.1 Å². The van der Waals surface area contributed by atoms with E-state index in [9.17, 15) is 14.0 Å². The maximum atomic E-state index is 13.4. The number of amides is 2. The number of benzene rings is 2. The standard InChI is InChI=1S/C18H18ClFN2O4/c1-22(18(24)13-9-12(20)5-7-15(13)25-2)10-17(23)21-14-8-11(19)4-6-16(14)26-3/h4-9H,10H2,1-3H3,(H,21,23). The fourth-order valence-corrected chi connectivity index (χ4v) is 2.48. The first-order valence-electron chi connectivity index (χ1n) is 7.58. The molecule has 138 valence electrons. The Kier molecular flexibility index (Phi) is 6.41. The molecule has 0 fully saturated rings. The average molecular weight is 381 g/mol. The number of hydrogen-bond acceptors (Lipinski definition) is 4. The first kappa shape index (κ1) is 19.5. The minimum Gasteiger partial charge on any atom is -0.496 e. The van der Waals surface area contributed by atoms with Crippen molar-refractivity contribution in [3.8, 4) is 11.5 Å². The Morgan fingerprint density at radius 3 is 2.42 bits per heavy atom. The van der Waals surface area contributed by atoms with E-state index >= 15 is 0 Å². The predicted octanol–water partition coefficient (Wildman–Crippen LogP) is 3.21. The van der Waals surface area contributed by atoms with Crippen molar-refractivity contribution >= 4 is 29.1 Å². The van der Waals surface area contributed by atoms with E-state index in [0.29, 0.717) is 16.5 Å². The largest absolute Gasteiger partial charge is 0.496 e. The van der Waals surface area contributed by atoms with Crippen molar-refractivity contribution in [1.29, 1.82) is 0 Å². The van der Waals surface area contributed by atoms with Gasteiger partial charge in [0.25, 0.3) is 5.91 Å². The molecular weight excluding hydrogens is 363 g/mol. The highest BCUT2D eigenvalue weighted by Gasteiger charge is 2.20. The summed E-state index contributed by atoms with van der Waals surface area (Å²) in [4.78, 5) is 25.9. The van der Waals surface area contributed by atoms with Gasteiger partial charge in [0.15, 0.2) is 0 Å². The number of carbonyl (C=O) groups excluding carboxylic acids is 2. The summed E-state index contributed by atoms with van der Waals surface area (Å²) in [5.41, 5.74) is 0.414. The molecule has 0 aliphatic rings. The van der Waals surface area contributed by atoms with Crippen molar-refractivity contribution in [2.45, 2.75) is 0 Å². The summed E-state index contributed by atoms with van der Waals surface area (Å²) >= 11 is 5.92. The van der Waals surface area contributed by atoms with Crippen LogP contribution in [0.15, 0.2) is 36.4 Å². The lowest BCUT2D eigenvalue weighted by Gasteiger charge is -2.19. The van der Waals surface area contributed by atoms with Crippen LogP contribution in [0.25, 0.3) is 0 Å². The van der Waals surface area contributed by atoms with Gasteiger partial charge in [-0.1, -0.05) is 11.6 Å². The second-order valence-electron chi connectivity index (χ2n) is 5.40. The fourth-order valence-electron chi connectivity index (χ4n) is 2.31. The van der Waals surface area contributed by atoms with Gasteiger partial charge in [0, 0.05) is 12.1 Å². The number of nitrogens with one attached hydrogen (secondary N) is 1. The van der Waals surface area contributed by atoms with Gasteiger partial charge in [0.05, 0.1) is 32.0 Å². The monoisotopic (exact) mass is 380 g/mol. The molecule has 0 saturated carbocycles. The molecule has 0 aliphatic carbocycles. The summed E-state index contributed by atoms with van der Waals surface area (Å²) in [5.74, 6) is -0.925. The molecule has 0 aliphatic heterocycles. The third kappa shape index (κ3) is 4.64. The molecule has 0 heterocycles. The van der Waals surface area contributed by atoms with Crippen molar-refractivity contribution < 1.29 is 23.5 Å². The zero-order chi connectivity index (χ0) is 19.3. The molecule has 0 aromatic heterocycles. The molecule has 1 N–H and O–H groups in total. The molecule has 0 saturated heterocycles. The molecule has 6 nitrogen and oxygen atoms in total. The summed E-state index contributed by atoms with van der Waals surface area (Å²) in [6.07, 6.45) is 0. The summed E-state index contributed by atoms with van der Waals surface area (Å²) in [7, 11) is 4.27. The SMILES string of the molecule is COc1ccc(Cl)cc1NC(=O)CN(C)C(=O)c1cc(F)ccc1OC. The van der Waals surface area contributed by atoms with Gasteiger partial charge in [0.2, 0.25) is 5.91 Å². The molecule has 0 bridgehead atoms. The van der Waals surface area contributed by atoms with E-state index in [-0.39, 0.29) is 17.9 Å². The molecule has 2 rings (SSSR count). The van der Waals surface area contributed by atoms with Crippen molar-refractivity contribution in [1.82, 2.24) is 4.90 Å². The van der Waals surface area contributed by atoms with Gasteiger partial charge in [-0.25, -0.2) is 4.39 Å². The van der Waals surface area contributed by atoms with Crippen LogP contribution in [0.1, 0.15) is 10.4 Å². The van der Waals surface area contributed by atoms with Gasteiger partial charge < -0.3 is 19.7 Å². The quantitative estimate of drug-likeness (QED) is 0.835. The average Bonchev–Trinajstić information content (AvgIpc) is 2.61. The van der Waals surface area contributed by atoms with Gasteiger partial charge in [0.1, 0.15) is 17.3 Å². The molecule has 2 aromatic carbocycles. The first-order chi connectivity index (χ1) is 12.3. The third-order valence-corrected chi connectivity index (χ3v) is 3.79. The van der Waals surface area contributed by atoms with Crippen LogP contribution in [-0.4, -0.2) is 44.5 Å². The highest BCUT2D eigenvalue weighted by atomic mass is 35.5. The van der Waals surface area contributed by atoms with E-state index in [1.54, 1.807) is 12.1 Å². The number of hydrogen-bond donors (Lipinski definition) is 1. The lowest BCUT2D eigenvalue weighted by Crippen LogP contribution is -2.35. The molecule has 0 radical (unpaired) electrons. The number of ether oxygens (including phenoxy) is 2. The van der Waals surface area contributed by atoms with Crippen LogP contribution in [0.2, 0.25) is 5.02 Å². The van der Waals surface area contributed by atoms with Crippen LogP contribution < -0.4 is 14.8 Å². The van der Waals surface area contributed by atoms with Crippen molar-refractivity contribution in [2.24, 2.45) is 0 Å². The van der Waals surface area contributed by atoms with E-state index in [2.05, 4.69) is 5.32 Å². The summed E-state index contributed by atoms with van der Waals surface area (Å²) in [6.45, 7) is -0.256. The van der Waals surface area contributed by atoms with E-state index in [1.807, 2.05) is 0 Å². The molecule has 26 heavy (non-hydrogen) atoms.